The summed E-state index contributed by atoms with van der Waals surface area (Å²) in [6.45, 7) is 0. The van der Waals surface area contributed by atoms with Crippen LogP contribution >= 0.6 is 0 Å². The molecule has 8 heteroatoms. The molecule has 1 aliphatic carbocycles. The summed E-state index contributed by atoms with van der Waals surface area (Å²) < 4.78 is 28.1. The van der Waals surface area contributed by atoms with E-state index in [1.165, 1.54) is 24.3 Å². The Morgan fingerprint density at radius 3 is 2.03 bits per heavy atom. The number of sulfonamides is 1. The van der Waals surface area contributed by atoms with Crippen LogP contribution in [0.1, 0.15) is 28.3 Å². The molecule has 2 atom stereocenters. The predicted molar refractivity (Wildman–Crippen MR) is 115 cm³/mol. The van der Waals surface area contributed by atoms with E-state index < -0.39 is 27.4 Å². The number of hydrogen-bond acceptors (Lipinski definition) is 4. The van der Waals surface area contributed by atoms with Gasteiger partial charge in [0, 0.05) is 17.2 Å². The third kappa shape index (κ3) is 4.21. The Kier molecular flexibility index (Phi) is 5.34. The maximum Gasteiger partial charge on any atom is 0.325 e. The van der Waals surface area contributed by atoms with Gasteiger partial charge in [-0.15, -0.1) is 0 Å². The van der Waals surface area contributed by atoms with Crippen molar-refractivity contribution in [2.45, 2.75) is 22.8 Å². The number of benzene rings is 3. The molecule has 3 aromatic carbocycles. The fourth-order valence-electron chi connectivity index (χ4n) is 3.55. The molecule has 31 heavy (non-hydrogen) atoms. The van der Waals surface area contributed by atoms with Crippen LogP contribution in [0.2, 0.25) is 0 Å². The van der Waals surface area contributed by atoms with E-state index in [0.717, 1.165) is 5.56 Å². The predicted octanol–water partition coefficient (Wildman–Crippen LogP) is 3.23. The molecule has 4 rings (SSSR count). The molecular formula is C23H20N2O5S. The van der Waals surface area contributed by atoms with Gasteiger partial charge in [-0.3, -0.25) is 9.59 Å². The lowest BCUT2D eigenvalue weighted by molar-refractivity contribution is -0.140. The van der Waals surface area contributed by atoms with Crippen molar-refractivity contribution in [3.63, 3.8) is 0 Å². The van der Waals surface area contributed by atoms with Crippen LogP contribution in [-0.2, 0) is 14.8 Å². The van der Waals surface area contributed by atoms with E-state index in [4.69, 9.17) is 0 Å². The minimum atomic E-state index is -4.08. The number of hydrogen-bond donors (Lipinski definition) is 3. The zero-order valence-corrected chi connectivity index (χ0v) is 17.2. The molecule has 1 fully saturated rings. The topological polar surface area (TPSA) is 113 Å². The molecule has 158 valence electrons. The summed E-state index contributed by atoms with van der Waals surface area (Å²) in [4.78, 5) is 24.1. The maximum atomic E-state index is 12.9. The first-order valence-electron chi connectivity index (χ1n) is 9.61. The van der Waals surface area contributed by atoms with Crippen molar-refractivity contribution in [3.8, 4) is 0 Å². The van der Waals surface area contributed by atoms with Crippen molar-refractivity contribution in [3.05, 3.63) is 96.1 Å². The fraction of sp³-hybridized carbons (Fsp3) is 0.130. The number of rotatable bonds is 7. The van der Waals surface area contributed by atoms with Crippen LogP contribution < -0.4 is 10.0 Å². The van der Waals surface area contributed by atoms with Gasteiger partial charge >= 0.3 is 5.97 Å². The second-order valence-corrected chi connectivity index (χ2v) is 9.08. The second-order valence-electron chi connectivity index (χ2n) is 7.39. The number of nitrogens with one attached hydrogen (secondary N) is 2. The highest BCUT2D eigenvalue weighted by atomic mass is 32.2. The molecule has 3 N–H and O–H groups in total. The molecule has 2 unspecified atom stereocenters. The largest absolute Gasteiger partial charge is 0.480 e. The molecule has 0 heterocycles. The lowest BCUT2D eigenvalue weighted by Crippen LogP contribution is -2.44. The third-order valence-corrected chi connectivity index (χ3v) is 6.85. The van der Waals surface area contributed by atoms with Crippen molar-refractivity contribution >= 4 is 27.6 Å². The Hall–Kier alpha value is -3.49. The first-order chi connectivity index (χ1) is 14.8. The summed E-state index contributed by atoms with van der Waals surface area (Å²) in [7, 11) is -4.08. The lowest BCUT2D eigenvalue weighted by Gasteiger charge is -2.16. The molecular weight excluding hydrogens is 416 g/mol. The van der Waals surface area contributed by atoms with E-state index in [0.29, 0.717) is 11.3 Å². The molecule has 1 amide bonds. The van der Waals surface area contributed by atoms with Crippen LogP contribution in [-0.4, -0.2) is 30.9 Å². The van der Waals surface area contributed by atoms with Crippen molar-refractivity contribution < 1.29 is 23.1 Å². The standard InChI is InChI=1S/C23H20N2O5S/c26-21(17-9-5-2-6-10-17)24-18-11-13-19(14-12-18)31(29,30)25-23(22(27)28)15-20(23)16-7-3-1-4-8-16/h1-14,20,25H,15H2,(H,24,26)(H,27,28). The second kappa shape index (κ2) is 7.98. The van der Waals surface area contributed by atoms with Crippen LogP contribution in [0.3, 0.4) is 0 Å². The van der Waals surface area contributed by atoms with Gasteiger partial charge in [0.1, 0.15) is 5.54 Å². The highest BCUT2D eigenvalue weighted by Gasteiger charge is 2.63. The van der Waals surface area contributed by atoms with Gasteiger partial charge in [-0.05, 0) is 48.4 Å². The summed E-state index contributed by atoms with van der Waals surface area (Å²) in [6, 6.07) is 23.2. The Morgan fingerprint density at radius 1 is 0.871 bits per heavy atom. The number of anilines is 1. The summed E-state index contributed by atoms with van der Waals surface area (Å²) in [6.07, 6.45) is 0.177. The van der Waals surface area contributed by atoms with Crippen molar-refractivity contribution in [1.82, 2.24) is 4.72 Å². The maximum absolute atomic E-state index is 12.9. The first kappa shape index (κ1) is 20.8. The SMILES string of the molecule is O=C(Nc1ccc(S(=O)(=O)NC2(C(=O)O)CC2c2ccccc2)cc1)c1ccccc1. The smallest absolute Gasteiger partial charge is 0.325 e. The van der Waals surface area contributed by atoms with Crippen LogP contribution in [0.25, 0.3) is 0 Å². The van der Waals surface area contributed by atoms with Crippen molar-refractivity contribution in [1.29, 1.82) is 0 Å². The quantitative estimate of drug-likeness (QED) is 0.526. The van der Waals surface area contributed by atoms with E-state index >= 15 is 0 Å². The normalized spacial score (nSPS) is 20.1. The summed E-state index contributed by atoms with van der Waals surface area (Å²) in [5, 5.41) is 12.4. The molecule has 0 aliphatic heterocycles. The van der Waals surface area contributed by atoms with Gasteiger partial charge in [0.25, 0.3) is 5.91 Å². The van der Waals surface area contributed by atoms with Crippen molar-refractivity contribution in [2.75, 3.05) is 5.32 Å². The van der Waals surface area contributed by atoms with Crippen LogP contribution in [0.5, 0.6) is 0 Å². The average Bonchev–Trinajstić information content (AvgIpc) is 3.50. The summed E-state index contributed by atoms with van der Waals surface area (Å²) >= 11 is 0. The van der Waals surface area contributed by atoms with E-state index in [9.17, 15) is 23.1 Å². The molecule has 1 aliphatic rings. The van der Waals surface area contributed by atoms with Crippen LogP contribution in [0, 0.1) is 0 Å². The average molecular weight is 436 g/mol. The van der Waals surface area contributed by atoms with Gasteiger partial charge in [-0.1, -0.05) is 48.5 Å². The number of carboxylic acids is 1. The summed E-state index contributed by atoms with van der Waals surface area (Å²) in [5.74, 6) is -1.97. The Morgan fingerprint density at radius 2 is 1.45 bits per heavy atom. The minimum Gasteiger partial charge on any atom is -0.480 e. The third-order valence-electron chi connectivity index (χ3n) is 5.32. The fourth-order valence-corrected chi connectivity index (χ4v) is 4.96. The number of carbonyl (C=O) groups excluding carboxylic acids is 1. The number of aliphatic carboxylic acids is 1. The Balaban J connectivity index is 1.50. The lowest BCUT2D eigenvalue weighted by atomic mass is 10.1. The zero-order chi connectivity index (χ0) is 22.1. The molecule has 3 aromatic rings. The van der Waals surface area contributed by atoms with Crippen LogP contribution in [0.15, 0.2) is 89.8 Å². The van der Waals surface area contributed by atoms with Gasteiger partial charge < -0.3 is 10.4 Å². The Bertz CT molecular complexity index is 1210. The molecule has 0 saturated heterocycles. The van der Waals surface area contributed by atoms with Gasteiger partial charge in [0.2, 0.25) is 10.0 Å². The van der Waals surface area contributed by atoms with E-state index in [-0.39, 0.29) is 17.2 Å². The Labute approximate surface area is 179 Å². The number of carboxylic acid groups (broad SMARTS) is 1. The molecule has 0 radical (unpaired) electrons. The van der Waals surface area contributed by atoms with E-state index in [2.05, 4.69) is 10.0 Å². The molecule has 7 nitrogen and oxygen atoms in total. The highest BCUT2D eigenvalue weighted by molar-refractivity contribution is 7.89. The minimum absolute atomic E-state index is 0.0791. The molecule has 1 saturated carbocycles. The first-order valence-corrected chi connectivity index (χ1v) is 11.1. The molecule has 0 spiro atoms. The van der Waals surface area contributed by atoms with E-state index in [1.54, 1.807) is 54.6 Å². The highest BCUT2D eigenvalue weighted by Crippen LogP contribution is 2.52. The number of amides is 1. The van der Waals surface area contributed by atoms with Gasteiger partial charge in [-0.25, -0.2) is 8.42 Å². The zero-order valence-electron chi connectivity index (χ0n) is 16.4. The van der Waals surface area contributed by atoms with Gasteiger partial charge in [-0.2, -0.15) is 4.72 Å². The van der Waals surface area contributed by atoms with Crippen LogP contribution in [0.4, 0.5) is 5.69 Å². The summed E-state index contributed by atoms with van der Waals surface area (Å²) in [5.41, 5.74) is 0.103. The van der Waals surface area contributed by atoms with Gasteiger partial charge in [0.05, 0.1) is 4.90 Å². The molecule has 0 aromatic heterocycles. The monoisotopic (exact) mass is 436 g/mol. The molecule has 0 bridgehead atoms. The van der Waals surface area contributed by atoms with Gasteiger partial charge in [0.15, 0.2) is 0 Å². The van der Waals surface area contributed by atoms with E-state index in [1.807, 2.05) is 6.07 Å². The number of carbonyl (C=O) groups is 2. The van der Waals surface area contributed by atoms with Crippen molar-refractivity contribution in [2.24, 2.45) is 0 Å².